The van der Waals surface area contributed by atoms with Gasteiger partial charge < -0.3 is 9.80 Å². The second kappa shape index (κ2) is 7.94. The summed E-state index contributed by atoms with van der Waals surface area (Å²) in [7, 11) is 0. The highest BCUT2D eigenvalue weighted by Crippen LogP contribution is 2.19. The van der Waals surface area contributed by atoms with E-state index in [1.165, 1.54) is 5.56 Å². The van der Waals surface area contributed by atoms with Gasteiger partial charge in [-0.05, 0) is 32.8 Å². The van der Waals surface area contributed by atoms with E-state index >= 15 is 0 Å². The number of piperazine rings is 1. The lowest BCUT2D eigenvalue weighted by molar-refractivity contribution is -0.140. The molecule has 0 aliphatic carbocycles. The second-order valence-electron chi connectivity index (χ2n) is 7.31. The summed E-state index contributed by atoms with van der Waals surface area (Å²) in [6.45, 7) is 10.2. The van der Waals surface area contributed by atoms with E-state index in [-0.39, 0.29) is 11.8 Å². The SMILES string of the molecule is CCCn1cc(C(=O)N2CCN(Cc3cccc(C)c3)C(=O)C2C)c(C)n1. The van der Waals surface area contributed by atoms with E-state index in [4.69, 9.17) is 0 Å². The average molecular weight is 368 g/mol. The molecule has 3 rings (SSSR count). The van der Waals surface area contributed by atoms with Crippen molar-refractivity contribution in [3.8, 4) is 0 Å². The van der Waals surface area contributed by atoms with Crippen LogP contribution in [0.3, 0.4) is 0 Å². The molecule has 1 aliphatic heterocycles. The number of carbonyl (C=O) groups excluding carboxylic acids is 2. The van der Waals surface area contributed by atoms with Gasteiger partial charge in [0.2, 0.25) is 5.91 Å². The van der Waals surface area contributed by atoms with Crippen molar-refractivity contribution in [2.45, 2.75) is 53.2 Å². The number of aromatic nitrogens is 2. The van der Waals surface area contributed by atoms with Crippen molar-refractivity contribution in [3.05, 3.63) is 52.8 Å². The van der Waals surface area contributed by atoms with Crippen molar-refractivity contribution in [3.63, 3.8) is 0 Å². The Hall–Kier alpha value is -2.63. The van der Waals surface area contributed by atoms with Crippen LogP contribution in [0.5, 0.6) is 0 Å². The molecular formula is C21H28N4O2. The Kier molecular flexibility index (Phi) is 5.63. The predicted molar refractivity (Wildman–Crippen MR) is 104 cm³/mol. The summed E-state index contributed by atoms with van der Waals surface area (Å²) < 4.78 is 1.81. The zero-order valence-electron chi connectivity index (χ0n) is 16.6. The molecule has 1 unspecified atom stereocenters. The Bertz CT molecular complexity index is 842. The smallest absolute Gasteiger partial charge is 0.258 e. The van der Waals surface area contributed by atoms with Crippen molar-refractivity contribution >= 4 is 11.8 Å². The first-order valence-electron chi connectivity index (χ1n) is 9.60. The van der Waals surface area contributed by atoms with Crippen LogP contribution in [0.15, 0.2) is 30.5 Å². The van der Waals surface area contributed by atoms with E-state index in [1.807, 2.05) is 48.6 Å². The lowest BCUT2D eigenvalue weighted by Crippen LogP contribution is -2.57. The highest BCUT2D eigenvalue weighted by Gasteiger charge is 2.35. The molecule has 1 aromatic carbocycles. The third kappa shape index (κ3) is 4.04. The molecule has 1 saturated heterocycles. The first-order valence-corrected chi connectivity index (χ1v) is 9.60. The van der Waals surface area contributed by atoms with Gasteiger partial charge in [-0.3, -0.25) is 14.3 Å². The number of hydrogen-bond donors (Lipinski definition) is 0. The van der Waals surface area contributed by atoms with Crippen LogP contribution in [-0.4, -0.2) is 50.5 Å². The molecule has 0 N–H and O–H groups in total. The fourth-order valence-corrected chi connectivity index (χ4v) is 3.62. The van der Waals surface area contributed by atoms with Gasteiger partial charge in [0.15, 0.2) is 0 Å². The van der Waals surface area contributed by atoms with Crippen molar-refractivity contribution in [2.75, 3.05) is 13.1 Å². The molecule has 2 aromatic rings. The third-order valence-corrected chi connectivity index (χ3v) is 5.09. The maximum atomic E-state index is 13.0. The van der Waals surface area contributed by atoms with Gasteiger partial charge >= 0.3 is 0 Å². The van der Waals surface area contributed by atoms with E-state index in [9.17, 15) is 9.59 Å². The molecule has 6 heteroatoms. The van der Waals surface area contributed by atoms with Crippen molar-refractivity contribution in [1.29, 1.82) is 0 Å². The van der Waals surface area contributed by atoms with Crippen LogP contribution in [0.25, 0.3) is 0 Å². The van der Waals surface area contributed by atoms with Crippen LogP contribution in [0.2, 0.25) is 0 Å². The van der Waals surface area contributed by atoms with Gasteiger partial charge in [-0.15, -0.1) is 0 Å². The van der Waals surface area contributed by atoms with Crippen LogP contribution in [0, 0.1) is 13.8 Å². The number of carbonyl (C=O) groups is 2. The standard InChI is InChI=1S/C21H28N4O2/c1-5-9-24-14-19(16(3)22-24)21(27)25-11-10-23(20(26)17(25)4)13-18-8-6-7-15(2)12-18/h6-8,12,14,17H,5,9-11,13H2,1-4H3. The highest BCUT2D eigenvalue weighted by molar-refractivity contribution is 5.98. The molecule has 1 fully saturated rings. The molecule has 1 aliphatic rings. The average Bonchev–Trinajstić information content (AvgIpc) is 2.99. The monoisotopic (exact) mass is 368 g/mol. The van der Waals surface area contributed by atoms with Gasteiger partial charge in [0, 0.05) is 32.4 Å². The lowest BCUT2D eigenvalue weighted by Gasteiger charge is -2.39. The summed E-state index contributed by atoms with van der Waals surface area (Å²) in [6.07, 6.45) is 2.76. The number of aryl methyl sites for hydroxylation is 3. The summed E-state index contributed by atoms with van der Waals surface area (Å²) in [5.41, 5.74) is 3.61. The Morgan fingerprint density at radius 2 is 2.04 bits per heavy atom. The minimum absolute atomic E-state index is 0.00490. The summed E-state index contributed by atoms with van der Waals surface area (Å²) in [5.74, 6) is -0.111. The van der Waals surface area contributed by atoms with Gasteiger partial charge in [0.1, 0.15) is 6.04 Å². The molecule has 144 valence electrons. The zero-order chi connectivity index (χ0) is 19.6. The molecule has 0 radical (unpaired) electrons. The van der Waals surface area contributed by atoms with Gasteiger partial charge in [-0.2, -0.15) is 5.10 Å². The molecule has 0 bridgehead atoms. The fourth-order valence-electron chi connectivity index (χ4n) is 3.62. The first kappa shape index (κ1) is 19.1. The minimum Gasteiger partial charge on any atom is -0.335 e. The van der Waals surface area contributed by atoms with E-state index in [0.717, 1.165) is 24.2 Å². The third-order valence-electron chi connectivity index (χ3n) is 5.09. The molecule has 1 aromatic heterocycles. The number of benzene rings is 1. The van der Waals surface area contributed by atoms with Crippen molar-refractivity contribution in [2.24, 2.45) is 0 Å². The molecular weight excluding hydrogens is 340 g/mol. The van der Waals surface area contributed by atoms with Crippen molar-refractivity contribution in [1.82, 2.24) is 19.6 Å². The minimum atomic E-state index is -0.468. The number of amides is 2. The Labute approximate surface area is 160 Å². The quantitative estimate of drug-likeness (QED) is 0.815. The molecule has 2 heterocycles. The zero-order valence-corrected chi connectivity index (χ0v) is 16.6. The van der Waals surface area contributed by atoms with E-state index in [1.54, 1.807) is 11.1 Å². The normalized spacial score (nSPS) is 17.5. The highest BCUT2D eigenvalue weighted by atomic mass is 16.2. The van der Waals surface area contributed by atoms with Crippen LogP contribution >= 0.6 is 0 Å². The molecule has 1 atom stereocenters. The van der Waals surface area contributed by atoms with Crippen LogP contribution in [-0.2, 0) is 17.9 Å². The van der Waals surface area contributed by atoms with E-state index in [0.29, 0.717) is 25.2 Å². The Morgan fingerprint density at radius 1 is 1.26 bits per heavy atom. The molecule has 0 spiro atoms. The van der Waals surface area contributed by atoms with E-state index in [2.05, 4.69) is 18.1 Å². The number of hydrogen-bond acceptors (Lipinski definition) is 3. The lowest BCUT2D eigenvalue weighted by atomic mass is 10.1. The second-order valence-corrected chi connectivity index (χ2v) is 7.31. The largest absolute Gasteiger partial charge is 0.335 e. The summed E-state index contributed by atoms with van der Waals surface area (Å²) in [6, 6.07) is 7.72. The topological polar surface area (TPSA) is 58.4 Å². The summed E-state index contributed by atoms with van der Waals surface area (Å²) in [5, 5.41) is 4.41. The van der Waals surface area contributed by atoms with Crippen molar-refractivity contribution < 1.29 is 9.59 Å². The fraction of sp³-hybridized carbons (Fsp3) is 0.476. The molecule has 6 nitrogen and oxygen atoms in total. The van der Waals surface area contributed by atoms with Gasteiger partial charge in [-0.25, -0.2) is 0 Å². The maximum Gasteiger partial charge on any atom is 0.258 e. The summed E-state index contributed by atoms with van der Waals surface area (Å²) >= 11 is 0. The first-order chi connectivity index (χ1) is 12.9. The van der Waals surface area contributed by atoms with Crippen LogP contribution < -0.4 is 0 Å². The van der Waals surface area contributed by atoms with Gasteiger partial charge in [-0.1, -0.05) is 36.8 Å². The predicted octanol–water partition coefficient (Wildman–Crippen LogP) is 2.78. The molecule has 2 amide bonds. The molecule has 27 heavy (non-hydrogen) atoms. The Morgan fingerprint density at radius 3 is 2.74 bits per heavy atom. The maximum absolute atomic E-state index is 13.0. The molecule has 0 saturated carbocycles. The van der Waals surface area contributed by atoms with Gasteiger partial charge in [0.25, 0.3) is 5.91 Å². The summed E-state index contributed by atoms with van der Waals surface area (Å²) in [4.78, 5) is 29.4. The number of rotatable bonds is 5. The Balaban J connectivity index is 1.71. The van der Waals surface area contributed by atoms with E-state index < -0.39 is 6.04 Å². The van der Waals surface area contributed by atoms with Crippen LogP contribution in [0.1, 0.15) is 47.4 Å². The van der Waals surface area contributed by atoms with Crippen LogP contribution in [0.4, 0.5) is 0 Å². The number of nitrogens with zero attached hydrogens (tertiary/aromatic N) is 4. The van der Waals surface area contributed by atoms with Gasteiger partial charge in [0.05, 0.1) is 11.3 Å².